The lowest BCUT2D eigenvalue weighted by Gasteiger charge is -2.11. The van der Waals surface area contributed by atoms with Crippen molar-refractivity contribution in [2.24, 2.45) is 0 Å². The summed E-state index contributed by atoms with van der Waals surface area (Å²) in [6.45, 7) is 0. The average molecular weight is 336 g/mol. The largest absolute Gasteiger partial charge is 0.423 e. The molecular weight excluding hydrogens is 330 g/mol. The van der Waals surface area contributed by atoms with Gasteiger partial charge in [-0.05, 0) is 24.3 Å². The summed E-state index contributed by atoms with van der Waals surface area (Å²) in [7, 11) is 0. The number of benzene rings is 2. The summed E-state index contributed by atoms with van der Waals surface area (Å²) in [6, 6.07) is 7.01. The summed E-state index contributed by atoms with van der Waals surface area (Å²) in [6.07, 6.45) is -4.84. The van der Waals surface area contributed by atoms with E-state index in [9.17, 15) is 23.3 Å². The maximum absolute atomic E-state index is 12.9. The molecule has 0 aliphatic heterocycles. The Morgan fingerprint density at radius 1 is 1.05 bits per heavy atom. The lowest BCUT2D eigenvalue weighted by atomic mass is 10.00. The summed E-state index contributed by atoms with van der Waals surface area (Å²) in [4.78, 5) is 10.0. The Hall–Kier alpha value is -1.79. The molecule has 0 aliphatic rings. The van der Waals surface area contributed by atoms with Crippen molar-refractivity contribution in [3.8, 4) is 11.1 Å². The van der Waals surface area contributed by atoms with E-state index in [1.807, 2.05) is 0 Å². The first-order valence-corrected chi connectivity index (χ1v) is 6.27. The zero-order valence-electron chi connectivity index (χ0n) is 10.1. The number of hydrogen-bond acceptors (Lipinski definition) is 2. The van der Waals surface area contributed by atoms with Crippen LogP contribution in [0.4, 0.5) is 18.9 Å². The number of hydrogen-bond donors (Lipinski definition) is 0. The normalized spacial score (nSPS) is 11.5. The Labute approximate surface area is 127 Å². The van der Waals surface area contributed by atoms with E-state index in [2.05, 4.69) is 0 Å². The monoisotopic (exact) mass is 335 g/mol. The van der Waals surface area contributed by atoms with Crippen molar-refractivity contribution in [2.45, 2.75) is 6.18 Å². The molecule has 0 saturated heterocycles. The first-order chi connectivity index (χ1) is 9.71. The van der Waals surface area contributed by atoms with Crippen molar-refractivity contribution >= 4 is 28.9 Å². The van der Waals surface area contributed by atoms with E-state index >= 15 is 0 Å². The fourth-order valence-corrected chi connectivity index (χ4v) is 2.40. The number of rotatable bonds is 2. The fraction of sp³-hybridized carbons (Fsp3) is 0.0769. The molecule has 2 aromatic carbocycles. The van der Waals surface area contributed by atoms with Crippen LogP contribution >= 0.6 is 23.2 Å². The molecule has 110 valence electrons. The molecule has 0 radical (unpaired) electrons. The third-order valence-electron chi connectivity index (χ3n) is 2.75. The predicted octanol–water partition coefficient (Wildman–Crippen LogP) is 5.59. The van der Waals surface area contributed by atoms with Crippen LogP contribution in [0.5, 0.6) is 0 Å². The van der Waals surface area contributed by atoms with Crippen LogP contribution < -0.4 is 0 Å². The van der Waals surface area contributed by atoms with Crippen molar-refractivity contribution < 1.29 is 18.1 Å². The third kappa shape index (κ3) is 3.11. The molecule has 0 atom stereocenters. The molecule has 2 rings (SSSR count). The van der Waals surface area contributed by atoms with Crippen LogP contribution in [0.2, 0.25) is 10.0 Å². The van der Waals surface area contributed by atoms with E-state index in [1.165, 1.54) is 24.3 Å². The van der Waals surface area contributed by atoms with Crippen molar-refractivity contribution in [1.82, 2.24) is 0 Å². The maximum Gasteiger partial charge on any atom is 0.423 e. The van der Waals surface area contributed by atoms with Gasteiger partial charge in [-0.25, -0.2) is 0 Å². The lowest BCUT2D eigenvalue weighted by Crippen LogP contribution is -2.09. The van der Waals surface area contributed by atoms with E-state index in [0.29, 0.717) is 6.07 Å². The standard InChI is InChI=1S/C13H6Cl2F3NO2/c14-7-4-5-8(11(15)6-7)9-2-1-3-10(13(16,17)18)12(9)19(20)21/h1-6H. The van der Waals surface area contributed by atoms with Gasteiger partial charge >= 0.3 is 6.18 Å². The minimum Gasteiger partial charge on any atom is -0.258 e. The summed E-state index contributed by atoms with van der Waals surface area (Å²) >= 11 is 11.6. The number of halogens is 5. The second-order valence-electron chi connectivity index (χ2n) is 4.08. The van der Waals surface area contributed by atoms with E-state index in [1.54, 1.807) is 0 Å². The van der Waals surface area contributed by atoms with Gasteiger partial charge in [0.1, 0.15) is 5.56 Å². The smallest absolute Gasteiger partial charge is 0.258 e. The molecule has 0 saturated carbocycles. The summed E-state index contributed by atoms with van der Waals surface area (Å²) in [5, 5.41) is 11.4. The van der Waals surface area contributed by atoms with E-state index in [-0.39, 0.29) is 21.2 Å². The molecule has 0 N–H and O–H groups in total. The minimum atomic E-state index is -4.84. The summed E-state index contributed by atoms with van der Waals surface area (Å²) in [5.74, 6) is 0. The first kappa shape index (κ1) is 15.6. The van der Waals surface area contributed by atoms with Crippen LogP contribution in [0.25, 0.3) is 11.1 Å². The zero-order valence-corrected chi connectivity index (χ0v) is 11.6. The van der Waals surface area contributed by atoms with Crippen molar-refractivity contribution in [3.63, 3.8) is 0 Å². The van der Waals surface area contributed by atoms with Crippen LogP contribution in [-0.4, -0.2) is 4.92 Å². The number of para-hydroxylation sites is 1. The predicted molar refractivity (Wildman–Crippen MR) is 73.6 cm³/mol. The van der Waals surface area contributed by atoms with Crippen molar-refractivity contribution in [1.29, 1.82) is 0 Å². The van der Waals surface area contributed by atoms with Gasteiger partial charge in [0.25, 0.3) is 5.69 Å². The molecule has 0 amide bonds. The van der Waals surface area contributed by atoms with Gasteiger partial charge in [-0.3, -0.25) is 10.1 Å². The fourth-order valence-electron chi connectivity index (χ4n) is 1.89. The molecule has 0 aromatic heterocycles. The number of alkyl halides is 3. The van der Waals surface area contributed by atoms with Crippen LogP contribution in [0, 0.1) is 10.1 Å². The van der Waals surface area contributed by atoms with E-state index < -0.39 is 22.4 Å². The number of nitro benzene ring substituents is 1. The van der Waals surface area contributed by atoms with Crippen LogP contribution in [0.1, 0.15) is 5.56 Å². The zero-order chi connectivity index (χ0) is 15.8. The topological polar surface area (TPSA) is 43.1 Å². The molecule has 0 spiro atoms. The van der Waals surface area contributed by atoms with Crippen LogP contribution in [0.3, 0.4) is 0 Å². The molecule has 8 heteroatoms. The first-order valence-electron chi connectivity index (χ1n) is 5.52. The highest BCUT2D eigenvalue weighted by Crippen LogP contribution is 2.43. The molecule has 2 aromatic rings. The lowest BCUT2D eigenvalue weighted by molar-refractivity contribution is -0.387. The second kappa shape index (κ2) is 5.54. The van der Waals surface area contributed by atoms with Gasteiger partial charge in [0.15, 0.2) is 0 Å². The van der Waals surface area contributed by atoms with Gasteiger partial charge in [0.05, 0.1) is 15.5 Å². The molecule has 0 unspecified atom stereocenters. The highest BCUT2D eigenvalue weighted by Gasteiger charge is 2.40. The van der Waals surface area contributed by atoms with Gasteiger partial charge in [-0.15, -0.1) is 0 Å². The molecular formula is C13H6Cl2F3NO2. The Morgan fingerprint density at radius 3 is 2.24 bits per heavy atom. The molecule has 0 fully saturated rings. The van der Waals surface area contributed by atoms with Crippen molar-refractivity contribution in [3.05, 3.63) is 62.1 Å². The van der Waals surface area contributed by atoms with Crippen molar-refractivity contribution in [2.75, 3.05) is 0 Å². The molecule has 0 aliphatic carbocycles. The average Bonchev–Trinajstić information content (AvgIpc) is 2.36. The Balaban J connectivity index is 2.78. The second-order valence-corrected chi connectivity index (χ2v) is 4.92. The Bertz CT molecular complexity index is 717. The molecule has 3 nitrogen and oxygen atoms in total. The Morgan fingerprint density at radius 2 is 1.71 bits per heavy atom. The highest BCUT2D eigenvalue weighted by atomic mass is 35.5. The summed E-state index contributed by atoms with van der Waals surface area (Å²) in [5.41, 5.74) is -2.46. The van der Waals surface area contributed by atoms with Crippen LogP contribution in [0.15, 0.2) is 36.4 Å². The van der Waals surface area contributed by atoms with Gasteiger partial charge < -0.3 is 0 Å². The Kier molecular flexibility index (Phi) is 4.11. The molecule has 0 heterocycles. The minimum absolute atomic E-state index is 0.0323. The quantitative estimate of drug-likeness (QED) is 0.530. The van der Waals surface area contributed by atoms with Gasteiger partial charge in [0.2, 0.25) is 0 Å². The third-order valence-corrected chi connectivity index (χ3v) is 3.29. The number of nitro groups is 1. The van der Waals surface area contributed by atoms with Gasteiger partial charge in [-0.1, -0.05) is 35.3 Å². The SMILES string of the molecule is O=[N+]([O-])c1c(-c2ccc(Cl)cc2Cl)cccc1C(F)(F)F. The number of nitrogens with zero attached hydrogens (tertiary/aromatic N) is 1. The molecule has 21 heavy (non-hydrogen) atoms. The van der Waals surface area contributed by atoms with Gasteiger partial charge in [0, 0.05) is 10.6 Å². The van der Waals surface area contributed by atoms with Crippen LogP contribution in [-0.2, 0) is 6.18 Å². The maximum atomic E-state index is 12.9. The van der Waals surface area contributed by atoms with E-state index in [0.717, 1.165) is 6.07 Å². The van der Waals surface area contributed by atoms with E-state index in [4.69, 9.17) is 23.2 Å². The highest BCUT2D eigenvalue weighted by molar-refractivity contribution is 6.36. The van der Waals surface area contributed by atoms with Gasteiger partial charge in [-0.2, -0.15) is 13.2 Å². The summed E-state index contributed by atoms with van der Waals surface area (Å²) < 4.78 is 38.7. The molecule has 0 bridgehead atoms.